The molecular weight excluding hydrogens is 408 g/mol. The average molecular weight is 463 g/mol. The average Bonchev–Trinajstić information content (AvgIpc) is 2.79. The molecule has 2 rings (SSSR count). The minimum atomic E-state index is 0.329. The number of hydrogen-bond donors (Lipinski definition) is 0. The van der Waals surface area contributed by atoms with E-state index in [2.05, 4.69) is 94.2 Å². The lowest BCUT2D eigenvalue weighted by Gasteiger charge is -2.34. The second-order valence-electron chi connectivity index (χ2n) is 12.3. The third-order valence-corrected chi connectivity index (χ3v) is 9.52. The Labute approximate surface area is 213 Å². The highest BCUT2D eigenvalue weighted by Gasteiger charge is 2.30. The van der Waals surface area contributed by atoms with E-state index in [4.69, 9.17) is 0 Å². The molecule has 6 unspecified atom stereocenters. The van der Waals surface area contributed by atoms with Crippen LogP contribution in [0.3, 0.4) is 0 Å². The summed E-state index contributed by atoms with van der Waals surface area (Å²) in [4.78, 5) is 0. The molecule has 0 bridgehead atoms. The summed E-state index contributed by atoms with van der Waals surface area (Å²) >= 11 is 0. The summed E-state index contributed by atoms with van der Waals surface area (Å²) in [5.41, 5.74) is 9.74. The van der Waals surface area contributed by atoms with E-state index in [9.17, 15) is 0 Å². The van der Waals surface area contributed by atoms with Crippen LogP contribution in [0.25, 0.3) is 5.57 Å². The Bertz CT molecular complexity index is 866. The van der Waals surface area contributed by atoms with E-state index in [-0.39, 0.29) is 0 Å². The Balaban J connectivity index is 2.08. The smallest absolute Gasteiger partial charge is 0.00861 e. The first-order valence-corrected chi connectivity index (χ1v) is 14.0. The van der Waals surface area contributed by atoms with Crippen molar-refractivity contribution in [3.63, 3.8) is 0 Å². The van der Waals surface area contributed by atoms with Gasteiger partial charge in [0.1, 0.15) is 0 Å². The molecule has 0 N–H and O–H groups in total. The summed E-state index contributed by atoms with van der Waals surface area (Å²) in [6, 6.07) is 4.69. The van der Waals surface area contributed by atoms with Crippen LogP contribution < -0.4 is 0 Å². The topological polar surface area (TPSA) is 0 Å². The summed E-state index contributed by atoms with van der Waals surface area (Å²) < 4.78 is 0. The van der Waals surface area contributed by atoms with E-state index in [1.807, 2.05) is 0 Å². The van der Waals surface area contributed by atoms with Crippen molar-refractivity contribution in [1.82, 2.24) is 0 Å². The van der Waals surface area contributed by atoms with Gasteiger partial charge < -0.3 is 0 Å². The zero-order valence-corrected chi connectivity index (χ0v) is 24.1. The van der Waals surface area contributed by atoms with Gasteiger partial charge in [-0.25, -0.2) is 0 Å². The molecular formula is C34H54. The van der Waals surface area contributed by atoms with Crippen LogP contribution in [-0.2, 0) is 12.8 Å². The fourth-order valence-corrected chi connectivity index (χ4v) is 5.91. The van der Waals surface area contributed by atoms with Crippen molar-refractivity contribution in [3.05, 3.63) is 65.3 Å². The quantitative estimate of drug-likeness (QED) is 0.271. The van der Waals surface area contributed by atoms with E-state index >= 15 is 0 Å². The first-order chi connectivity index (χ1) is 15.9. The zero-order valence-electron chi connectivity index (χ0n) is 24.1. The Morgan fingerprint density at radius 2 is 1.59 bits per heavy atom. The maximum atomic E-state index is 4.58. The van der Waals surface area contributed by atoms with Gasteiger partial charge in [-0.05, 0) is 102 Å². The van der Waals surface area contributed by atoms with Crippen LogP contribution in [0.4, 0.5) is 0 Å². The summed E-state index contributed by atoms with van der Waals surface area (Å²) in [6.07, 6.45) is 6.89. The lowest BCUT2D eigenvalue weighted by molar-refractivity contribution is 0.191. The van der Waals surface area contributed by atoms with Gasteiger partial charge in [0.25, 0.3) is 0 Å². The summed E-state index contributed by atoms with van der Waals surface area (Å²) in [7, 11) is 0. The van der Waals surface area contributed by atoms with E-state index < -0.39 is 0 Å². The number of hydrogen-bond acceptors (Lipinski definition) is 0. The van der Waals surface area contributed by atoms with Gasteiger partial charge in [0.05, 0.1) is 0 Å². The predicted octanol–water partition coefficient (Wildman–Crippen LogP) is 10.3. The van der Waals surface area contributed by atoms with Crippen LogP contribution in [0, 0.1) is 48.3 Å². The molecule has 0 fully saturated rings. The van der Waals surface area contributed by atoms with Crippen LogP contribution in [0.5, 0.6) is 0 Å². The van der Waals surface area contributed by atoms with Crippen LogP contribution in [-0.4, -0.2) is 0 Å². The van der Waals surface area contributed by atoms with Gasteiger partial charge >= 0.3 is 0 Å². The summed E-state index contributed by atoms with van der Waals surface area (Å²) in [6.45, 7) is 35.1. The standard InChI is InChI=1S/C34H54/c1-13-22(4)27(9)28(10)25(7)18-23(5)24(6)19-33-26(8)20-34-29(11)31(15-14-21(2)3)16-17-32(34)30(33)12/h16-17,21-23,25,27-28,33H,6,8,12-15,18-20H2,1-5,7,9-11H3. The molecule has 1 aliphatic rings. The summed E-state index contributed by atoms with van der Waals surface area (Å²) in [5, 5.41) is 0. The number of rotatable bonds is 12. The molecule has 0 saturated heterocycles. The fourth-order valence-electron chi connectivity index (χ4n) is 5.91. The van der Waals surface area contributed by atoms with Crippen molar-refractivity contribution >= 4 is 5.57 Å². The second kappa shape index (κ2) is 12.4. The number of aryl methyl sites for hydroxylation is 1. The SMILES string of the molecule is C=C(CC1C(=C)Cc2c(ccc(CCC(C)C)c2C)C1=C)C(C)CC(C)C(C)C(C)C(C)CC. The van der Waals surface area contributed by atoms with E-state index in [0.29, 0.717) is 17.8 Å². The molecule has 0 heteroatoms. The minimum absolute atomic E-state index is 0.329. The molecule has 0 aliphatic heterocycles. The van der Waals surface area contributed by atoms with Gasteiger partial charge in [0.2, 0.25) is 0 Å². The Kier molecular flexibility index (Phi) is 10.5. The third kappa shape index (κ3) is 6.77. The Morgan fingerprint density at radius 3 is 2.18 bits per heavy atom. The molecule has 0 aromatic heterocycles. The van der Waals surface area contributed by atoms with Crippen molar-refractivity contribution < 1.29 is 0 Å². The van der Waals surface area contributed by atoms with Crippen LogP contribution in [0.2, 0.25) is 0 Å². The molecule has 0 amide bonds. The lowest BCUT2D eigenvalue weighted by Crippen LogP contribution is -2.24. The monoisotopic (exact) mass is 462 g/mol. The molecule has 0 radical (unpaired) electrons. The van der Waals surface area contributed by atoms with Gasteiger partial charge in [-0.1, -0.05) is 105 Å². The zero-order chi connectivity index (χ0) is 25.7. The van der Waals surface area contributed by atoms with Crippen molar-refractivity contribution in [2.45, 2.75) is 101 Å². The van der Waals surface area contributed by atoms with Crippen LogP contribution in [0.1, 0.15) is 103 Å². The maximum Gasteiger partial charge on any atom is 0.00861 e. The number of fused-ring (bicyclic) bond motifs is 1. The van der Waals surface area contributed by atoms with E-state index in [1.165, 1.54) is 64.7 Å². The van der Waals surface area contributed by atoms with E-state index in [1.54, 1.807) is 0 Å². The first kappa shape index (κ1) is 28.7. The lowest BCUT2D eigenvalue weighted by atomic mass is 9.70. The third-order valence-electron chi connectivity index (χ3n) is 9.52. The molecule has 1 aromatic carbocycles. The number of allylic oxidation sites excluding steroid dienone is 3. The Morgan fingerprint density at radius 1 is 0.971 bits per heavy atom. The highest BCUT2D eigenvalue weighted by molar-refractivity contribution is 5.75. The van der Waals surface area contributed by atoms with E-state index in [0.717, 1.165) is 36.5 Å². The van der Waals surface area contributed by atoms with Gasteiger partial charge in [0.15, 0.2) is 0 Å². The molecule has 0 spiro atoms. The highest BCUT2D eigenvalue weighted by atomic mass is 14.3. The predicted molar refractivity (Wildman–Crippen MR) is 154 cm³/mol. The normalized spacial score (nSPS) is 20.6. The molecule has 190 valence electrons. The molecule has 1 aromatic rings. The van der Waals surface area contributed by atoms with Gasteiger partial charge in [-0.3, -0.25) is 0 Å². The Hall–Kier alpha value is -1.56. The van der Waals surface area contributed by atoms with Crippen molar-refractivity contribution in [2.24, 2.45) is 41.4 Å². The molecule has 0 heterocycles. The molecule has 0 saturated carbocycles. The maximum absolute atomic E-state index is 4.58. The van der Waals surface area contributed by atoms with Crippen molar-refractivity contribution in [3.8, 4) is 0 Å². The van der Waals surface area contributed by atoms with Gasteiger partial charge in [0, 0.05) is 5.92 Å². The fraction of sp³-hybridized carbons (Fsp3) is 0.647. The van der Waals surface area contributed by atoms with Gasteiger partial charge in [-0.15, -0.1) is 0 Å². The van der Waals surface area contributed by atoms with Crippen molar-refractivity contribution in [2.75, 3.05) is 0 Å². The second-order valence-corrected chi connectivity index (χ2v) is 12.3. The molecule has 1 aliphatic carbocycles. The van der Waals surface area contributed by atoms with Crippen molar-refractivity contribution in [1.29, 1.82) is 0 Å². The summed E-state index contributed by atoms with van der Waals surface area (Å²) in [5.74, 6) is 4.61. The number of benzene rings is 1. The first-order valence-electron chi connectivity index (χ1n) is 14.0. The highest BCUT2D eigenvalue weighted by Crippen LogP contribution is 2.43. The molecule has 34 heavy (non-hydrogen) atoms. The molecule has 0 nitrogen and oxygen atoms in total. The largest absolute Gasteiger partial charge is 0.0996 e. The van der Waals surface area contributed by atoms with Crippen LogP contribution in [0.15, 0.2) is 43.0 Å². The van der Waals surface area contributed by atoms with Crippen LogP contribution >= 0.6 is 0 Å². The minimum Gasteiger partial charge on any atom is -0.0996 e. The van der Waals surface area contributed by atoms with Gasteiger partial charge in [-0.2, -0.15) is 0 Å². The molecule has 6 atom stereocenters.